The third-order valence-corrected chi connectivity index (χ3v) is 5.62. The molecule has 1 aromatic heterocycles. The molecule has 0 atom stereocenters. The highest BCUT2D eigenvalue weighted by Gasteiger charge is 2.21. The van der Waals surface area contributed by atoms with E-state index in [2.05, 4.69) is 31.2 Å². The molecular weight excluding hydrogens is 514 g/mol. The maximum Gasteiger partial charge on any atom is 0.413 e. The van der Waals surface area contributed by atoms with Crippen LogP contribution in [-0.4, -0.2) is 39.9 Å². The van der Waals surface area contributed by atoms with E-state index in [1.807, 2.05) is 0 Å². The van der Waals surface area contributed by atoms with Crippen molar-refractivity contribution in [3.63, 3.8) is 0 Å². The highest BCUT2D eigenvalue weighted by molar-refractivity contribution is 9.10. The number of H-pyrrole nitrogens is 1. The van der Waals surface area contributed by atoms with Gasteiger partial charge in [0.15, 0.2) is 5.78 Å². The van der Waals surface area contributed by atoms with Gasteiger partial charge in [-0.3, -0.25) is 14.5 Å². The molecule has 34 heavy (non-hydrogen) atoms. The Morgan fingerprint density at radius 3 is 2.44 bits per heavy atom. The van der Waals surface area contributed by atoms with Crippen molar-refractivity contribution in [3.8, 4) is 0 Å². The average molecular weight is 529 g/mol. The Bertz CT molecular complexity index is 1470. The number of fused-ring (bicyclic) bond motifs is 1. The molecule has 0 saturated carbocycles. The van der Waals surface area contributed by atoms with Gasteiger partial charge in [0.2, 0.25) is 5.95 Å². The van der Waals surface area contributed by atoms with Crippen LogP contribution in [0.25, 0.3) is 11.0 Å². The summed E-state index contributed by atoms with van der Waals surface area (Å²) in [7, 11) is 1.32. The second-order valence-corrected chi connectivity index (χ2v) is 8.06. The molecule has 0 bridgehead atoms. The lowest BCUT2D eigenvalue weighted by Crippen LogP contribution is -2.24. The zero-order valence-electron chi connectivity index (χ0n) is 17.4. The van der Waals surface area contributed by atoms with Gasteiger partial charge < -0.3 is 15.4 Å². The first-order chi connectivity index (χ1) is 16.2. The van der Waals surface area contributed by atoms with Crippen LogP contribution >= 0.6 is 15.9 Å². The monoisotopic (exact) mass is 528 g/mol. The van der Waals surface area contributed by atoms with Gasteiger partial charge in [-0.25, -0.2) is 18.6 Å². The van der Waals surface area contributed by atoms with Gasteiger partial charge in [0.05, 0.1) is 26.8 Å². The number of halogens is 3. The highest BCUT2D eigenvalue weighted by Crippen LogP contribution is 2.25. The van der Waals surface area contributed by atoms with Crippen LogP contribution in [0.1, 0.15) is 26.3 Å². The van der Waals surface area contributed by atoms with E-state index in [-0.39, 0.29) is 32.8 Å². The van der Waals surface area contributed by atoms with E-state index < -0.39 is 29.4 Å². The molecule has 3 N–H and O–H groups in total. The molecule has 0 saturated heterocycles. The van der Waals surface area contributed by atoms with E-state index in [0.717, 1.165) is 11.0 Å². The summed E-state index contributed by atoms with van der Waals surface area (Å²) in [5, 5.41) is 11.5. The third kappa shape index (κ3) is 4.37. The molecule has 2 amide bonds. The summed E-state index contributed by atoms with van der Waals surface area (Å²) in [5.74, 6) is -2.95. The van der Waals surface area contributed by atoms with Crippen molar-refractivity contribution >= 4 is 56.4 Å². The lowest BCUT2D eigenvalue weighted by atomic mass is 9.97. The van der Waals surface area contributed by atoms with E-state index in [1.54, 1.807) is 18.2 Å². The number of ketones is 1. The van der Waals surface area contributed by atoms with E-state index in [0.29, 0.717) is 17.1 Å². The first-order valence-corrected chi connectivity index (χ1v) is 10.5. The molecule has 0 spiro atoms. The molecule has 11 heteroatoms. The van der Waals surface area contributed by atoms with Crippen LogP contribution in [0.2, 0.25) is 0 Å². The second-order valence-electron chi connectivity index (χ2n) is 7.21. The van der Waals surface area contributed by atoms with Crippen LogP contribution in [0.4, 0.5) is 25.2 Å². The number of benzene rings is 3. The van der Waals surface area contributed by atoms with Gasteiger partial charge in [-0.15, -0.1) is 0 Å². The minimum atomic E-state index is -1.21. The summed E-state index contributed by atoms with van der Waals surface area (Å²) < 4.78 is 27.6. The molecule has 0 aliphatic carbocycles. The summed E-state index contributed by atoms with van der Waals surface area (Å²) in [6.45, 7) is 0. The average Bonchev–Trinajstić information content (AvgIpc) is 3.24. The first kappa shape index (κ1) is 23.1. The number of nitrogens with zero attached hydrogens (tertiary/aromatic N) is 2. The Labute approximate surface area is 199 Å². The van der Waals surface area contributed by atoms with Gasteiger partial charge in [-0.1, -0.05) is 18.2 Å². The van der Waals surface area contributed by atoms with Crippen molar-refractivity contribution in [3.05, 3.63) is 87.4 Å². The number of anilines is 2. The Morgan fingerprint density at radius 2 is 1.74 bits per heavy atom. The lowest BCUT2D eigenvalue weighted by Gasteiger charge is -2.11. The quantitative estimate of drug-likeness (QED) is 0.243. The number of carboxylic acid groups (broad SMARTS) is 1. The van der Waals surface area contributed by atoms with E-state index in [4.69, 9.17) is 5.11 Å². The predicted molar refractivity (Wildman–Crippen MR) is 124 cm³/mol. The maximum atomic E-state index is 14.1. The van der Waals surface area contributed by atoms with Crippen molar-refractivity contribution in [1.82, 2.24) is 9.97 Å². The smallest absolute Gasteiger partial charge is 0.413 e. The molecular formula is C23H15BrF2N4O4. The minimum Gasteiger partial charge on any atom is -0.465 e. The van der Waals surface area contributed by atoms with Gasteiger partial charge in [-0.2, -0.15) is 0 Å². The largest absolute Gasteiger partial charge is 0.465 e. The van der Waals surface area contributed by atoms with Gasteiger partial charge in [-0.05, 0) is 46.3 Å². The van der Waals surface area contributed by atoms with Gasteiger partial charge in [0, 0.05) is 24.2 Å². The van der Waals surface area contributed by atoms with Gasteiger partial charge in [0.1, 0.15) is 11.6 Å². The SMILES string of the molecule is CN(C(=O)O)c1nc2ccc(C(=O)c3ccccc3C(=O)Nc3cc(Br)c(F)cc3F)cc2[nH]1. The number of imidazole rings is 1. The van der Waals surface area contributed by atoms with Crippen molar-refractivity contribution in [2.24, 2.45) is 0 Å². The molecule has 3 aromatic carbocycles. The van der Waals surface area contributed by atoms with Crippen LogP contribution in [-0.2, 0) is 0 Å². The van der Waals surface area contributed by atoms with Crippen molar-refractivity contribution in [1.29, 1.82) is 0 Å². The van der Waals surface area contributed by atoms with Crippen molar-refractivity contribution in [2.75, 3.05) is 17.3 Å². The Balaban J connectivity index is 1.66. The number of hydrogen-bond acceptors (Lipinski definition) is 4. The van der Waals surface area contributed by atoms with Crippen molar-refractivity contribution < 1.29 is 28.3 Å². The van der Waals surface area contributed by atoms with Crippen LogP contribution < -0.4 is 10.2 Å². The number of amides is 2. The molecule has 1 heterocycles. The summed E-state index contributed by atoms with van der Waals surface area (Å²) in [6.07, 6.45) is -1.21. The van der Waals surface area contributed by atoms with Crippen LogP contribution in [0.5, 0.6) is 0 Å². The highest BCUT2D eigenvalue weighted by atomic mass is 79.9. The second kappa shape index (κ2) is 9.02. The standard InChI is InChI=1S/C23H15BrF2N4O4/c1-30(23(33)34)22-28-17-7-6-11(8-19(17)29-22)20(31)12-4-2-3-5-13(12)21(32)27-18-9-14(24)15(25)10-16(18)26/h2-10H,1H3,(H,27,32)(H,28,29)(H,33,34). The van der Waals surface area contributed by atoms with E-state index in [1.165, 1.54) is 31.3 Å². The molecule has 0 fully saturated rings. The van der Waals surface area contributed by atoms with Crippen LogP contribution in [0, 0.1) is 11.6 Å². The summed E-state index contributed by atoms with van der Waals surface area (Å²) in [6, 6.07) is 12.3. The Morgan fingerprint density at radius 1 is 1.03 bits per heavy atom. The normalized spacial score (nSPS) is 10.8. The third-order valence-electron chi connectivity index (χ3n) is 5.01. The molecule has 172 valence electrons. The molecule has 0 radical (unpaired) electrons. The fourth-order valence-corrected chi connectivity index (χ4v) is 3.57. The Kier molecular flexibility index (Phi) is 6.12. The molecule has 8 nitrogen and oxygen atoms in total. The number of nitrogens with one attached hydrogen (secondary N) is 2. The molecule has 0 unspecified atom stereocenters. The van der Waals surface area contributed by atoms with Crippen LogP contribution in [0.3, 0.4) is 0 Å². The molecule has 0 aliphatic rings. The van der Waals surface area contributed by atoms with Gasteiger partial charge >= 0.3 is 6.09 Å². The topological polar surface area (TPSA) is 115 Å². The minimum absolute atomic E-state index is 0.0108. The van der Waals surface area contributed by atoms with Crippen molar-refractivity contribution in [2.45, 2.75) is 0 Å². The summed E-state index contributed by atoms with van der Waals surface area (Å²) >= 11 is 2.94. The Hall–Kier alpha value is -4.12. The number of rotatable bonds is 5. The molecule has 0 aliphatic heterocycles. The number of aromatic amines is 1. The fraction of sp³-hybridized carbons (Fsp3) is 0.0435. The summed E-state index contributed by atoms with van der Waals surface area (Å²) in [4.78, 5) is 45.1. The van der Waals surface area contributed by atoms with E-state index >= 15 is 0 Å². The number of carbonyl (C=O) groups excluding carboxylic acids is 2. The first-order valence-electron chi connectivity index (χ1n) is 9.71. The fourth-order valence-electron chi connectivity index (χ4n) is 3.23. The molecule has 4 aromatic rings. The van der Waals surface area contributed by atoms with Gasteiger partial charge in [0.25, 0.3) is 5.91 Å². The zero-order chi connectivity index (χ0) is 24.6. The maximum absolute atomic E-state index is 14.1. The van der Waals surface area contributed by atoms with Crippen LogP contribution in [0.15, 0.2) is 59.1 Å². The number of hydrogen-bond donors (Lipinski definition) is 3. The zero-order valence-corrected chi connectivity index (χ0v) is 19.0. The number of carbonyl (C=O) groups is 3. The predicted octanol–water partition coefficient (Wildman–Crippen LogP) is 5.20. The lowest BCUT2D eigenvalue weighted by molar-refractivity contribution is 0.0996. The molecule has 4 rings (SSSR count). The number of aromatic nitrogens is 2. The summed E-state index contributed by atoms with van der Waals surface area (Å²) in [5.41, 5.74) is 0.884. The van der Waals surface area contributed by atoms with E-state index in [9.17, 15) is 23.2 Å².